The first-order chi connectivity index (χ1) is 11.1. The predicted molar refractivity (Wildman–Crippen MR) is 93.1 cm³/mol. The minimum atomic E-state index is -1.17. The monoisotopic (exact) mass is 333 g/mol. The Kier molecular flexibility index (Phi) is 5.08. The van der Waals surface area contributed by atoms with Gasteiger partial charge in [0.2, 0.25) is 0 Å². The molecule has 0 unspecified atom stereocenters. The van der Waals surface area contributed by atoms with E-state index in [9.17, 15) is 9.90 Å². The van der Waals surface area contributed by atoms with Crippen LogP contribution in [0.5, 0.6) is 5.75 Å². The van der Waals surface area contributed by atoms with E-state index in [1.165, 1.54) is 12.1 Å². The quantitative estimate of drug-likeness (QED) is 0.717. The van der Waals surface area contributed by atoms with E-state index in [0.717, 1.165) is 5.47 Å². The number of hydrogen-bond acceptors (Lipinski definition) is 5. The molecule has 24 heavy (non-hydrogen) atoms. The standard InChI is InChI=1S/C17H24BNO5/c1-16(2)17(3,4)24-18(23-16)12(10-19-5)8-11-6-7-14(20)13(9-11)15(21)22/h6-9,19-20H,10H2,1-5H3,(H,21,22). The van der Waals surface area contributed by atoms with Crippen molar-refractivity contribution in [1.82, 2.24) is 5.32 Å². The molecule has 0 atom stereocenters. The van der Waals surface area contributed by atoms with E-state index in [1.807, 2.05) is 40.8 Å². The third-order valence-electron chi connectivity index (χ3n) is 4.54. The molecule has 130 valence electrons. The van der Waals surface area contributed by atoms with Crippen molar-refractivity contribution >= 4 is 19.2 Å². The Morgan fingerprint density at radius 2 is 1.83 bits per heavy atom. The van der Waals surface area contributed by atoms with E-state index in [4.69, 9.17) is 14.4 Å². The summed E-state index contributed by atoms with van der Waals surface area (Å²) in [5.41, 5.74) is 0.460. The molecule has 7 heteroatoms. The highest BCUT2D eigenvalue weighted by Gasteiger charge is 2.52. The predicted octanol–water partition coefficient (Wildman–Crippen LogP) is 2.32. The van der Waals surface area contributed by atoms with Crippen molar-refractivity contribution in [1.29, 1.82) is 0 Å². The second-order valence-corrected chi connectivity index (χ2v) is 6.92. The summed E-state index contributed by atoms with van der Waals surface area (Å²) in [6.45, 7) is 8.44. The molecule has 2 rings (SSSR count). The van der Waals surface area contributed by atoms with Crippen molar-refractivity contribution in [3.05, 3.63) is 34.8 Å². The lowest BCUT2D eigenvalue weighted by atomic mass is 9.77. The number of nitrogens with one attached hydrogen (secondary N) is 1. The maximum Gasteiger partial charge on any atom is 0.491 e. The minimum Gasteiger partial charge on any atom is -0.507 e. The number of likely N-dealkylation sites (N-methyl/N-ethyl adjacent to an activating group) is 1. The summed E-state index contributed by atoms with van der Waals surface area (Å²) < 4.78 is 12.1. The number of carbonyl (C=O) groups is 1. The zero-order chi connectivity index (χ0) is 18.1. The Morgan fingerprint density at radius 3 is 2.33 bits per heavy atom. The summed E-state index contributed by atoms with van der Waals surface area (Å²) in [6, 6.07) is 4.46. The van der Waals surface area contributed by atoms with Gasteiger partial charge in [-0.2, -0.15) is 0 Å². The molecule has 1 saturated heterocycles. The fourth-order valence-corrected chi connectivity index (χ4v) is 2.43. The average molecular weight is 333 g/mol. The summed E-state index contributed by atoms with van der Waals surface area (Å²) in [5.74, 6) is -1.43. The molecule has 0 bridgehead atoms. The molecule has 1 aromatic carbocycles. The fourth-order valence-electron chi connectivity index (χ4n) is 2.43. The van der Waals surface area contributed by atoms with Gasteiger partial charge >= 0.3 is 13.1 Å². The van der Waals surface area contributed by atoms with E-state index in [1.54, 1.807) is 6.07 Å². The number of carboxylic acids is 1. The van der Waals surface area contributed by atoms with Crippen molar-refractivity contribution in [3.8, 4) is 5.75 Å². The molecule has 1 heterocycles. The van der Waals surface area contributed by atoms with Crippen LogP contribution in [0.2, 0.25) is 0 Å². The Bertz CT molecular complexity index is 653. The van der Waals surface area contributed by atoms with E-state index in [0.29, 0.717) is 12.1 Å². The van der Waals surface area contributed by atoms with E-state index in [2.05, 4.69) is 5.32 Å². The lowest BCUT2D eigenvalue weighted by Gasteiger charge is -2.32. The number of benzene rings is 1. The van der Waals surface area contributed by atoms with Gasteiger partial charge in [-0.1, -0.05) is 12.1 Å². The van der Waals surface area contributed by atoms with Crippen LogP contribution in [0.4, 0.5) is 0 Å². The van der Waals surface area contributed by atoms with Crippen molar-refractivity contribution in [2.24, 2.45) is 0 Å². The van der Waals surface area contributed by atoms with Crippen molar-refractivity contribution in [2.45, 2.75) is 38.9 Å². The second kappa shape index (κ2) is 6.59. The molecule has 0 saturated carbocycles. The largest absolute Gasteiger partial charge is 0.507 e. The van der Waals surface area contributed by atoms with Gasteiger partial charge in [-0.3, -0.25) is 0 Å². The third kappa shape index (κ3) is 3.63. The SMILES string of the molecule is CNCC(=Cc1ccc(O)c(C(=O)O)c1)B1OC(C)(C)C(C)(C)O1. The molecule has 0 amide bonds. The van der Waals surface area contributed by atoms with Crippen molar-refractivity contribution < 1.29 is 24.3 Å². The lowest BCUT2D eigenvalue weighted by Crippen LogP contribution is -2.41. The molecular weight excluding hydrogens is 309 g/mol. The Balaban J connectivity index is 2.37. The van der Waals surface area contributed by atoms with Gasteiger partial charge in [0.25, 0.3) is 0 Å². The maximum atomic E-state index is 11.2. The van der Waals surface area contributed by atoms with Crippen LogP contribution in [0.3, 0.4) is 0 Å². The molecule has 0 spiro atoms. The molecule has 1 aromatic rings. The number of carboxylic acid groups (broad SMARTS) is 1. The van der Waals surface area contributed by atoms with Gasteiger partial charge in [0.05, 0.1) is 11.2 Å². The Hall–Kier alpha value is -1.83. The molecule has 0 aliphatic carbocycles. The van der Waals surface area contributed by atoms with Gasteiger partial charge in [0.1, 0.15) is 11.3 Å². The fraction of sp³-hybridized carbons (Fsp3) is 0.471. The highest BCUT2D eigenvalue weighted by molar-refractivity contribution is 6.55. The van der Waals surface area contributed by atoms with Crippen molar-refractivity contribution in [2.75, 3.05) is 13.6 Å². The lowest BCUT2D eigenvalue weighted by molar-refractivity contribution is 0.00578. The topological polar surface area (TPSA) is 88.0 Å². The van der Waals surface area contributed by atoms with Crippen LogP contribution in [0.15, 0.2) is 23.7 Å². The zero-order valence-corrected chi connectivity index (χ0v) is 14.7. The van der Waals surface area contributed by atoms with E-state index >= 15 is 0 Å². The van der Waals surface area contributed by atoms with Crippen LogP contribution in [0.25, 0.3) is 6.08 Å². The van der Waals surface area contributed by atoms with Crippen LogP contribution < -0.4 is 5.32 Å². The number of aromatic carboxylic acids is 1. The Morgan fingerprint density at radius 1 is 1.25 bits per heavy atom. The van der Waals surface area contributed by atoms with E-state index < -0.39 is 24.3 Å². The summed E-state index contributed by atoms with van der Waals surface area (Å²) in [5, 5.41) is 21.8. The first-order valence-corrected chi connectivity index (χ1v) is 7.84. The number of rotatable bonds is 5. The van der Waals surface area contributed by atoms with Crippen molar-refractivity contribution in [3.63, 3.8) is 0 Å². The molecule has 6 nitrogen and oxygen atoms in total. The second-order valence-electron chi connectivity index (χ2n) is 6.92. The molecule has 0 radical (unpaired) electrons. The highest BCUT2D eigenvalue weighted by atomic mass is 16.7. The van der Waals surface area contributed by atoms with Gasteiger partial charge in [0.15, 0.2) is 0 Å². The molecular formula is C17H24BNO5. The number of aromatic hydroxyl groups is 1. The van der Waals surface area contributed by atoms with Gasteiger partial charge in [-0.15, -0.1) is 0 Å². The van der Waals surface area contributed by atoms with Crippen LogP contribution in [-0.4, -0.2) is 48.1 Å². The van der Waals surface area contributed by atoms with Gasteiger partial charge in [0, 0.05) is 6.54 Å². The maximum absolute atomic E-state index is 11.2. The molecule has 1 aliphatic heterocycles. The summed E-state index contributed by atoms with van der Waals surface area (Å²) in [4.78, 5) is 11.2. The van der Waals surface area contributed by atoms with Gasteiger partial charge in [-0.05, 0) is 57.9 Å². The van der Waals surface area contributed by atoms with Crippen LogP contribution >= 0.6 is 0 Å². The first kappa shape index (κ1) is 18.5. The van der Waals surface area contributed by atoms with Gasteiger partial charge < -0.3 is 24.8 Å². The van der Waals surface area contributed by atoms with E-state index in [-0.39, 0.29) is 11.3 Å². The van der Waals surface area contributed by atoms with Crippen LogP contribution in [-0.2, 0) is 9.31 Å². The average Bonchev–Trinajstić information content (AvgIpc) is 2.68. The smallest absolute Gasteiger partial charge is 0.491 e. The number of hydrogen-bond donors (Lipinski definition) is 3. The number of phenols is 1. The minimum absolute atomic E-state index is 0.138. The molecule has 3 N–H and O–H groups in total. The molecule has 1 aliphatic rings. The van der Waals surface area contributed by atoms with Gasteiger partial charge in [-0.25, -0.2) is 4.79 Å². The third-order valence-corrected chi connectivity index (χ3v) is 4.54. The Labute approximate surface area is 142 Å². The van der Waals surface area contributed by atoms with Crippen LogP contribution in [0, 0.1) is 0 Å². The normalized spacial score (nSPS) is 19.5. The molecule has 1 fully saturated rings. The molecule has 0 aromatic heterocycles. The summed E-state index contributed by atoms with van der Waals surface area (Å²) >= 11 is 0. The summed E-state index contributed by atoms with van der Waals surface area (Å²) in [6.07, 6.45) is 1.82. The van der Waals surface area contributed by atoms with Crippen LogP contribution in [0.1, 0.15) is 43.6 Å². The highest BCUT2D eigenvalue weighted by Crippen LogP contribution is 2.38. The summed E-state index contributed by atoms with van der Waals surface area (Å²) in [7, 11) is 1.29. The zero-order valence-electron chi connectivity index (χ0n) is 14.7. The first-order valence-electron chi connectivity index (χ1n) is 7.84.